The van der Waals surface area contributed by atoms with Gasteiger partial charge in [0, 0.05) is 5.02 Å². The lowest BCUT2D eigenvalue weighted by Gasteiger charge is -2.21. The highest BCUT2D eigenvalue weighted by Crippen LogP contribution is 2.20. The quantitative estimate of drug-likeness (QED) is 0.809. The van der Waals surface area contributed by atoms with Crippen molar-refractivity contribution in [3.63, 3.8) is 0 Å². The molecule has 1 aromatic carbocycles. The first-order valence-corrected chi connectivity index (χ1v) is 8.14. The van der Waals surface area contributed by atoms with Crippen LogP contribution in [0.4, 0.5) is 4.39 Å². The molecular formula is C13H17ClFNO4S. The second kappa shape index (κ2) is 7.20. The fraction of sp³-hybridized carbons (Fsp3) is 0.462. The molecule has 1 aromatic rings. The number of sulfonamides is 1. The molecule has 0 aliphatic rings. The van der Waals surface area contributed by atoms with Crippen molar-refractivity contribution in [1.29, 1.82) is 0 Å². The third-order valence-electron chi connectivity index (χ3n) is 3.13. The first kappa shape index (κ1) is 17.9. The van der Waals surface area contributed by atoms with Crippen LogP contribution in [-0.4, -0.2) is 27.5 Å². The summed E-state index contributed by atoms with van der Waals surface area (Å²) in [6.45, 7) is 3.50. The van der Waals surface area contributed by atoms with E-state index in [4.69, 9.17) is 11.6 Å². The lowest BCUT2D eigenvalue weighted by Crippen LogP contribution is -2.45. The largest absolute Gasteiger partial charge is 0.468 e. The van der Waals surface area contributed by atoms with Crippen LogP contribution in [0.2, 0.25) is 5.02 Å². The topological polar surface area (TPSA) is 72.5 Å². The maximum absolute atomic E-state index is 13.7. The van der Waals surface area contributed by atoms with E-state index < -0.39 is 32.7 Å². The van der Waals surface area contributed by atoms with Crippen LogP contribution in [0.5, 0.6) is 0 Å². The van der Waals surface area contributed by atoms with E-state index >= 15 is 0 Å². The Bertz CT molecular complexity index is 621. The number of hydrogen-bond acceptors (Lipinski definition) is 4. The molecule has 0 amide bonds. The summed E-state index contributed by atoms with van der Waals surface area (Å²) in [7, 11) is -3.04. The van der Waals surface area contributed by atoms with Crippen LogP contribution in [0, 0.1) is 11.7 Å². The fourth-order valence-electron chi connectivity index (χ4n) is 1.68. The molecule has 0 radical (unpaired) electrons. The van der Waals surface area contributed by atoms with Crippen LogP contribution >= 0.6 is 11.6 Å². The second-order valence-corrected chi connectivity index (χ2v) is 6.70. The van der Waals surface area contributed by atoms with Gasteiger partial charge in [0.05, 0.1) is 7.11 Å². The van der Waals surface area contributed by atoms with Crippen molar-refractivity contribution in [2.45, 2.75) is 31.2 Å². The van der Waals surface area contributed by atoms with Gasteiger partial charge in [-0.05, 0) is 24.1 Å². The zero-order valence-corrected chi connectivity index (χ0v) is 13.5. The fourth-order valence-corrected chi connectivity index (χ4v) is 3.19. The lowest BCUT2D eigenvalue weighted by molar-refractivity contribution is -0.143. The van der Waals surface area contributed by atoms with Crippen LogP contribution < -0.4 is 4.72 Å². The molecule has 0 saturated heterocycles. The van der Waals surface area contributed by atoms with Crippen LogP contribution in [0.3, 0.4) is 0 Å². The number of benzene rings is 1. The number of esters is 1. The van der Waals surface area contributed by atoms with Crippen LogP contribution in [0.25, 0.3) is 0 Å². The Balaban J connectivity index is 3.14. The van der Waals surface area contributed by atoms with Gasteiger partial charge in [-0.25, -0.2) is 12.8 Å². The van der Waals surface area contributed by atoms with Gasteiger partial charge in [-0.2, -0.15) is 4.72 Å². The van der Waals surface area contributed by atoms with E-state index in [0.717, 1.165) is 19.2 Å². The van der Waals surface area contributed by atoms with Crippen molar-refractivity contribution in [3.05, 3.63) is 29.0 Å². The summed E-state index contributed by atoms with van der Waals surface area (Å²) in [5, 5.41) is 0.0814. The molecule has 2 atom stereocenters. The minimum absolute atomic E-state index is 0.0814. The van der Waals surface area contributed by atoms with Gasteiger partial charge in [0.15, 0.2) is 0 Å². The maximum Gasteiger partial charge on any atom is 0.324 e. The van der Waals surface area contributed by atoms with E-state index in [0.29, 0.717) is 6.42 Å². The molecule has 0 unspecified atom stereocenters. The zero-order valence-electron chi connectivity index (χ0n) is 11.9. The van der Waals surface area contributed by atoms with Gasteiger partial charge in [-0.1, -0.05) is 31.9 Å². The highest BCUT2D eigenvalue weighted by Gasteiger charge is 2.31. The lowest BCUT2D eigenvalue weighted by atomic mass is 10.0. The first-order chi connectivity index (χ1) is 9.72. The Kier molecular flexibility index (Phi) is 6.12. The van der Waals surface area contributed by atoms with E-state index in [2.05, 4.69) is 9.46 Å². The number of methoxy groups -OCH3 is 1. The van der Waals surface area contributed by atoms with Crippen LogP contribution in [-0.2, 0) is 19.6 Å². The van der Waals surface area contributed by atoms with Crippen molar-refractivity contribution in [1.82, 2.24) is 4.72 Å². The summed E-state index contributed by atoms with van der Waals surface area (Å²) in [5.41, 5.74) is 0. The highest BCUT2D eigenvalue weighted by atomic mass is 35.5. The molecule has 8 heteroatoms. The van der Waals surface area contributed by atoms with Crippen molar-refractivity contribution in [2.75, 3.05) is 7.11 Å². The molecule has 0 aliphatic carbocycles. The Hall–Kier alpha value is -1.18. The van der Waals surface area contributed by atoms with Gasteiger partial charge in [-0.15, -0.1) is 0 Å². The minimum atomic E-state index is -4.20. The summed E-state index contributed by atoms with van der Waals surface area (Å²) in [5.74, 6) is -2.01. The third kappa shape index (κ3) is 4.39. The van der Waals surface area contributed by atoms with E-state index in [1.165, 1.54) is 6.07 Å². The smallest absolute Gasteiger partial charge is 0.324 e. The van der Waals surface area contributed by atoms with Crippen molar-refractivity contribution >= 4 is 27.6 Å². The van der Waals surface area contributed by atoms with Crippen molar-refractivity contribution in [3.8, 4) is 0 Å². The molecule has 1 N–H and O–H groups in total. The highest BCUT2D eigenvalue weighted by molar-refractivity contribution is 7.89. The summed E-state index contributed by atoms with van der Waals surface area (Å²) in [6, 6.07) is 2.12. The van der Waals surface area contributed by atoms with E-state index in [1.54, 1.807) is 13.8 Å². The van der Waals surface area contributed by atoms with Gasteiger partial charge in [0.25, 0.3) is 0 Å². The van der Waals surface area contributed by atoms with Crippen LogP contribution in [0.15, 0.2) is 23.1 Å². The standard InChI is InChI=1S/C13H17ClFNO4S/c1-4-8(2)12(13(17)20-3)16-21(18,19)11-6-5-9(14)7-10(11)15/h5-8,12,16H,4H2,1-3H3/t8-,12+/m0/s1. The van der Waals surface area contributed by atoms with Gasteiger partial charge in [0.1, 0.15) is 16.8 Å². The summed E-state index contributed by atoms with van der Waals surface area (Å²) < 4.78 is 44.9. The molecule has 0 bridgehead atoms. The Morgan fingerprint density at radius 1 is 1.48 bits per heavy atom. The average Bonchev–Trinajstić information content (AvgIpc) is 2.42. The summed E-state index contributed by atoms with van der Waals surface area (Å²) in [4.78, 5) is 11.1. The Morgan fingerprint density at radius 2 is 2.10 bits per heavy atom. The molecule has 0 aromatic heterocycles. The normalized spacial score (nSPS) is 14.5. The summed E-state index contributed by atoms with van der Waals surface area (Å²) >= 11 is 5.59. The number of carbonyl (C=O) groups excluding carboxylic acids is 1. The molecule has 0 saturated carbocycles. The number of rotatable bonds is 6. The number of carbonyl (C=O) groups is 1. The third-order valence-corrected chi connectivity index (χ3v) is 4.84. The van der Waals surface area contributed by atoms with Crippen molar-refractivity contribution < 1.29 is 22.3 Å². The predicted octanol–water partition coefficient (Wildman–Crippen LogP) is 2.35. The molecule has 1 rings (SSSR count). The molecule has 0 fully saturated rings. The molecule has 21 heavy (non-hydrogen) atoms. The number of hydrogen-bond donors (Lipinski definition) is 1. The zero-order chi connectivity index (χ0) is 16.2. The number of nitrogens with one attached hydrogen (secondary N) is 1. The first-order valence-electron chi connectivity index (χ1n) is 6.28. The van der Waals surface area contributed by atoms with E-state index in [9.17, 15) is 17.6 Å². The van der Waals surface area contributed by atoms with E-state index in [-0.39, 0.29) is 10.9 Å². The van der Waals surface area contributed by atoms with Gasteiger partial charge in [0.2, 0.25) is 10.0 Å². The van der Waals surface area contributed by atoms with Gasteiger partial charge >= 0.3 is 5.97 Å². The summed E-state index contributed by atoms with van der Waals surface area (Å²) in [6.07, 6.45) is 0.547. The number of ether oxygens (including phenoxy) is 1. The average molecular weight is 338 g/mol. The second-order valence-electron chi connectivity index (χ2n) is 4.58. The van der Waals surface area contributed by atoms with Gasteiger partial charge < -0.3 is 4.74 Å². The van der Waals surface area contributed by atoms with Crippen LogP contribution in [0.1, 0.15) is 20.3 Å². The van der Waals surface area contributed by atoms with Gasteiger partial charge in [-0.3, -0.25) is 4.79 Å². The molecule has 5 nitrogen and oxygen atoms in total. The Labute approximate surface area is 128 Å². The maximum atomic E-state index is 13.7. The molecule has 118 valence electrons. The minimum Gasteiger partial charge on any atom is -0.468 e. The number of halogens is 2. The molecule has 0 spiro atoms. The predicted molar refractivity (Wildman–Crippen MR) is 77.0 cm³/mol. The SMILES string of the molecule is CC[C@H](C)[C@@H](NS(=O)(=O)c1ccc(Cl)cc1F)C(=O)OC. The Morgan fingerprint density at radius 3 is 2.57 bits per heavy atom. The molecule has 0 aliphatic heterocycles. The monoisotopic (exact) mass is 337 g/mol. The van der Waals surface area contributed by atoms with Crippen molar-refractivity contribution in [2.24, 2.45) is 5.92 Å². The van der Waals surface area contributed by atoms with E-state index in [1.807, 2.05) is 0 Å². The molecular weight excluding hydrogens is 321 g/mol. The molecule has 0 heterocycles.